The van der Waals surface area contributed by atoms with Crippen LogP contribution in [0.4, 0.5) is 0 Å². The molecule has 0 amide bonds. The summed E-state index contributed by atoms with van der Waals surface area (Å²) in [5.74, 6) is -1.10. The minimum Gasteiger partial charge on any atom is -0.476 e. The lowest BCUT2D eigenvalue weighted by molar-refractivity contribution is 0.0688. The fourth-order valence-electron chi connectivity index (χ4n) is 2.87. The quantitative estimate of drug-likeness (QED) is 0.827. The van der Waals surface area contributed by atoms with Crippen LogP contribution >= 0.6 is 0 Å². The van der Waals surface area contributed by atoms with Crippen LogP contribution in [0.3, 0.4) is 0 Å². The average molecular weight is 278 g/mol. The molecule has 0 aliphatic heterocycles. The largest absolute Gasteiger partial charge is 0.476 e. The highest BCUT2D eigenvalue weighted by Crippen LogP contribution is 2.19. The highest BCUT2D eigenvalue weighted by Gasteiger charge is 2.17. The Hall–Kier alpha value is -1.65. The maximum Gasteiger partial charge on any atom is 0.355 e. The fraction of sp³-hybridized carbons (Fsp3) is 0.667. The van der Waals surface area contributed by atoms with Gasteiger partial charge < -0.3 is 10.1 Å². The lowest BCUT2D eigenvalue weighted by atomic mass is 9.97. The van der Waals surface area contributed by atoms with Gasteiger partial charge in [-0.05, 0) is 25.7 Å². The number of fused-ring (bicyclic) bond motifs is 1. The zero-order valence-electron chi connectivity index (χ0n) is 11.8. The molecule has 1 heterocycles. The maximum absolute atomic E-state index is 11.5. The molecule has 0 spiro atoms. The molecule has 2 rings (SSSR count). The molecule has 0 bridgehead atoms. The maximum atomic E-state index is 11.5. The lowest BCUT2D eigenvalue weighted by Crippen LogP contribution is -2.22. The molecule has 0 unspecified atom stereocenters. The number of aromatic amines is 1. The fourth-order valence-corrected chi connectivity index (χ4v) is 2.87. The van der Waals surface area contributed by atoms with E-state index in [1.807, 2.05) is 0 Å². The van der Waals surface area contributed by atoms with Gasteiger partial charge in [-0.1, -0.05) is 38.5 Å². The van der Waals surface area contributed by atoms with E-state index in [0.717, 1.165) is 43.4 Å². The molecular weight excluding hydrogens is 256 g/mol. The van der Waals surface area contributed by atoms with Gasteiger partial charge in [0.15, 0.2) is 5.69 Å². The third-order valence-corrected chi connectivity index (χ3v) is 3.93. The number of carbonyl (C=O) groups is 1. The summed E-state index contributed by atoms with van der Waals surface area (Å²) in [7, 11) is 0. The topological polar surface area (TPSA) is 83.0 Å². The number of aromatic nitrogens is 2. The first-order valence-electron chi connectivity index (χ1n) is 7.54. The van der Waals surface area contributed by atoms with Crippen molar-refractivity contribution in [2.75, 3.05) is 0 Å². The second-order valence-electron chi connectivity index (χ2n) is 5.48. The van der Waals surface area contributed by atoms with Gasteiger partial charge in [0.05, 0.1) is 0 Å². The van der Waals surface area contributed by atoms with Crippen molar-refractivity contribution in [3.8, 4) is 0 Å². The molecule has 1 aromatic heterocycles. The third kappa shape index (κ3) is 3.92. The molecule has 110 valence electrons. The Morgan fingerprint density at radius 2 is 1.50 bits per heavy atom. The molecule has 1 aromatic rings. The number of carboxylic acid groups (broad SMARTS) is 1. The summed E-state index contributed by atoms with van der Waals surface area (Å²) in [6, 6.07) is 0. The number of carboxylic acids is 1. The zero-order chi connectivity index (χ0) is 14.4. The van der Waals surface area contributed by atoms with E-state index in [4.69, 9.17) is 0 Å². The predicted octanol–water partition coefficient (Wildman–Crippen LogP) is 2.69. The average Bonchev–Trinajstić information content (AvgIpc) is 2.39. The van der Waals surface area contributed by atoms with Gasteiger partial charge in [-0.15, -0.1) is 0 Å². The predicted molar refractivity (Wildman–Crippen MR) is 76.2 cm³/mol. The molecule has 20 heavy (non-hydrogen) atoms. The monoisotopic (exact) mass is 278 g/mol. The molecule has 0 aromatic carbocycles. The van der Waals surface area contributed by atoms with E-state index in [1.165, 1.54) is 25.7 Å². The van der Waals surface area contributed by atoms with Crippen LogP contribution in [0.1, 0.15) is 73.1 Å². The van der Waals surface area contributed by atoms with Gasteiger partial charge in [0, 0.05) is 11.3 Å². The van der Waals surface area contributed by atoms with Crippen molar-refractivity contribution in [1.82, 2.24) is 9.97 Å². The van der Waals surface area contributed by atoms with Crippen molar-refractivity contribution in [2.45, 2.75) is 64.2 Å². The summed E-state index contributed by atoms with van der Waals surface area (Å²) < 4.78 is 0. The number of hydrogen-bond donors (Lipinski definition) is 2. The van der Waals surface area contributed by atoms with Gasteiger partial charge in [-0.25, -0.2) is 9.59 Å². The van der Waals surface area contributed by atoms with Crippen LogP contribution in [-0.2, 0) is 12.8 Å². The van der Waals surface area contributed by atoms with Crippen molar-refractivity contribution < 1.29 is 9.90 Å². The van der Waals surface area contributed by atoms with E-state index in [1.54, 1.807) is 0 Å². The molecule has 5 nitrogen and oxygen atoms in total. The van der Waals surface area contributed by atoms with E-state index >= 15 is 0 Å². The summed E-state index contributed by atoms with van der Waals surface area (Å²) in [5, 5.41) is 9.24. The summed E-state index contributed by atoms with van der Waals surface area (Å²) >= 11 is 0. The SMILES string of the molecule is O=C(O)c1nc(=O)[nH]c2c1CCCCCCCCCC2. The molecule has 0 fully saturated rings. The zero-order valence-corrected chi connectivity index (χ0v) is 11.8. The van der Waals surface area contributed by atoms with E-state index in [-0.39, 0.29) is 5.69 Å². The second-order valence-corrected chi connectivity index (χ2v) is 5.48. The molecular formula is C15H22N2O3. The van der Waals surface area contributed by atoms with Crippen LogP contribution in [0.15, 0.2) is 4.79 Å². The van der Waals surface area contributed by atoms with Gasteiger partial charge in [-0.3, -0.25) is 0 Å². The van der Waals surface area contributed by atoms with Crippen LogP contribution in [0, 0.1) is 0 Å². The van der Waals surface area contributed by atoms with Crippen molar-refractivity contribution in [3.05, 3.63) is 27.4 Å². The number of hydrogen-bond acceptors (Lipinski definition) is 3. The van der Waals surface area contributed by atoms with E-state index < -0.39 is 11.7 Å². The molecule has 0 saturated carbocycles. The third-order valence-electron chi connectivity index (χ3n) is 3.93. The van der Waals surface area contributed by atoms with Gasteiger partial charge in [0.25, 0.3) is 0 Å². The number of H-pyrrole nitrogens is 1. The molecule has 0 saturated heterocycles. The smallest absolute Gasteiger partial charge is 0.355 e. The van der Waals surface area contributed by atoms with E-state index in [2.05, 4.69) is 9.97 Å². The van der Waals surface area contributed by atoms with E-state index in [0.29, 0.717) is 6.42 Å². The molecule has 2 N–H and O–H groups in total. The standard InChI is InChI=1S/C15H22N2O3/c18-14(19)13-11-9-7-5-3-1-2-4-6-8-10-12(11)16-15(20)17-13/h1-10H2,(H,18,19)(H,16,17,20). The highest BCUT2D eigenvalue weighted by atomic mass is 16.4. The Bertz CT molecular complexity index is 522. The van der Waals surface area contributed by atoms with Crippen molar-refractivity contribution in [2.24, 2.45) is 0 Å². The number of nitrogens with one attached hydrogen (secondary N) is 1. The first-order chi connectivity index (χ1) is 9.68. The van der Waals surface area contributed by atoms with Gasteiger partial charge in [-0.2, -0.15) is 4.98 Å². The van der Waals surface area contributed by atoms with Crippen LogP contribution < -0.4 is 5.69 Å². The normalized spacial score (nSPS) is 17.6. The minimum absolute atomic E-state index is 0.0548. The summed E-state index contributed by atoms with van der Waals surface area (Å²) in [4.78, 5) is 29.2. The Morgan fingerprint density at radius 1 is 0.950 bits per heavy atom. The van der Waals surface area contributed by atoms with Crippen molar-refractivity contribution >= 4 is 5.97 Å². The van der Waals surface area contributed by atoms with Crippen LogP contribution in [-0.4, -0.2) is 21.0 Å². The van der Waals surface area contributed by atoms with Gasteiger partial charge in [0.1, 0.15) is 0 Å². The molecule has 0 atom stereocenters. The van der Waals surface area contributed by atoms with Crippen LogP contribution in [0.2, 0.25) is 0 Å². The molecule has 5 heteroatoms. The summed E-state index contributed by atoms with van der Waals surface area (Å²) in [6.45, 7) is 0. The number of aromatic carboxylic acids is 1. The van der Waals surface area contributed by atoms with Crippen molar-refractivity contribution in [1.29, 1.82) is 0 Å². The molecule has 1 aliphatic rings. The lowest BCUT2D eigenvalue weighted by Gasteiger charge is -2.12. The van der Waals surface area contributed by atoms with Gasteiger partial charge in [0.2, 0.25) is 0 Å². The van der Waals surface area contributed by atoms with Gasteiger partial charge >= 0.3 is 11.7 Å². The Labute approximate surface area is 118 Å². The van der Waals surface area contributed by atoms with Crippen LogP contribution in [0.25, 0.3) is 0 Å². The first-order valence-corrected chi connectivity index (χ1v) is 7.54. The Morgan fingerprint density at radius 3 is 2.10 bits per heavy atom. The number of aryl methyl sites for hydroxylation is 1. The number of nitrogens with zero attached hydrogens (tertiary/aromatic N) is 1. The minimum atomic E-state index is -1.10. The molecule has 0 radical (unpaired) electrons. The van der Waals surface area contributed by atoms with E-state index in [9.17, 15) is 14.7 Å². The Kier molecular flexibility index (Phi) is 5.32. The summed E-state index contributed by atoms with van der Waals surface area (Å²) in [5.41, 5.74) is 0.912. The second kappa shape index (κ2) is 7.22. The molecule has 1 aliphatic carbocycles. The van der Waals surface area contributed by atoms with Crippen LogP contribution in [0.5, 0.6) is 0 Å². The first kappa shape index (κ1) is 14.8. The number of rotatable bonds is 1. The summed E-state index contributed by atoms with van der Waals surface area (Å²) in [6.07, 6.45) is 10.6. The Balaban J connectivity index is 2.30. The highest BCUT2D eigenvalue weighted by molar-refractivity contribution is 5.87. The van der Waals surface area contributed by atoms with Crippen molar-refractivity contribution in [3.63, 3.8) is 0 Å².